The molecule has 0 unspecified atom stereocenters. The molecule has 0 aliphatic carbocycles. The van der Waals surface area contributed by atoms with Crippen molar-refractivity contribution in [1.82, 2.24) is 19.7 Å². The normalized spacial score (nSPS) is 16.3. The van der Waals surface area contributed by atoms with Crippen LogP contribution in [-0.2, 0) is 0 Å². The highest BCUT2D eigenvalue weighted by Gasteiger charge is 2.23. The standard InChI is InChI=1S/C27H28N4O4/c1-18-28-29-27(34-18)26-15-22-24(7-4-8-25(22)35-26)33-17-21(32)16-30-12-10-20(11-13-30)31-14-9-19-5-2-3-6-23(19)31/h2-9,14-15,20-21,32H,10-13,16-17H2,1H3/t21-/m0/s1. The minimum atomic E-state index is -0.584. The highest BCUT2D eigenvalue weighted by atomic mass is 16.5. The first-order valence-corrected chi connectivity index (χ1v) is 12.1. The number of aliphatic hydroxyl groups excluding tert-OH is 1. The van der Waals surface area contributed by atoms with E-state index in [2.05, 4.69) is 56.2 Å². The van der Waals surface area contributed by atoms with E-state index in [0.29, 0.717) is 41.5 Å². The second-order valence-electron chi connectivity index (χ2n) is 9.18. The predicted octanol–water partition coefficient (Wildman–Crippen LogP) is 4.82. The molecule has 0 amide bonds. The third kappa shape index (κ3) is 4.42. The predicted molar refractivity (Wildman–Crippen MR) is 132 cm³/mol. The number of likely N-dealkylation sites (tertiary alicyclic amines) is 1. The second-order valence-corrected chi connectivity index (χ2v) is 9.18. The number of piperidine rings is 1. The van der Waals surface area contributed by atoms with Crippen molar-refractivity contribution in [1.29, 1.82) is 0 Å². The van der Waals surface area contributed by atoms with Crippen LogP contribution >= 0.6 is 0 Å². The van der Waals surface area contributed by atoms with Gasteiger partial charge in [0.2, 0.25) is 5.89 Å². The van der Waals surface area contributed by atoms with Gasteiger partial charge in [-0.2, -0.15) is 0 Å². The van der Waals surface area contributed by atoms with Gasteiger partial charge < -0.3 is 28.1 Å². The van der Waals surface area contributed by atoms with Crippen LogP contribution in [-0.4, -0.2) is 57.1 Å². The second kappa shape index (κ2) is 9.20. The zero-order chi connectivity index (χ0) is 23.8. The molecule has 5 aromatic rings. The number of furan rings is 1. The van der Waals surface area contributed by atoms with Crippen LogP contribution in [0.1, 0.15) is 24.8 Å². The number of nitrogens with zero attached hydrogens (tertiary/aromatic N) is 4. The van der Waals surface area contributed by atoms with E-state index in [9.17, 15) is 5.11 Å². The van der Waals surface area contributed by atoms with Gasteiger partial charge in [0.1, 0.15) is 24.0 Å². The fourth-order valence-corrected chi connectivity index (χ4v) is 5.00. The van der Waals surface area contributed by atoms with Gasteiger partial charge >= 0.3 is 0 Å². The van der Waals surface area contributed by atoms with Crippen LogP contribution in [0.25, 0.3) is 33.5 Å². The number of hydrogen-bond acceptors (Lipinski definition) is 7. The summed E-state index contributed by atoms with van der Waals surface area (Å²) in [5.41, 5.74) is 1.97. The first kappa shape index (κ1) is 21.9. The summed E-state index contributed by atoms with van der Waals surface area (Å²) in [5, 5.41) is 20.7. The van der Waals surface area contributed by atoms with E-state index in [1.807, 2.05) is 24.3 Å². The fourth-order valence-electron chi connectivity index (χ4n) is 5.00. The number of aliphatic hydroxyl groups is 1. The lowest BCUT2D eigenvalue weighted by molar-refractivity contribution is 0.0566. The Hall–Kier alpha value is -3.62. The quantitative estimate of drug-likeness (QED) is 0.363. The Morgan fingerprint density at radius 1 is 1.06 bits per heavy atom. The fraction of sp³-hybridized carbons (Fsp3) is 0.333. The molecule has 4 heterocycles. The first-order chi connectivity index (χ1) is 17.1. The Bertz CT molecular complexity index is 1440. The van der Waals surface area contributed by atoms with Crippen molar-refractivity contribution in [3.05, 3.63) is 66.7 Å². The number of aromatic nitrogens is 3. The molecular weight excluding hydrogens is 444 g/mol. The molecule has 2 aromatic carbocycles. The maximum atomic E-state index is 10.7. The zero-order valence-electron chi connectivity index (χ0n) is 19.6. The average Bonchev–Trinajstić information content (AvgIpc) is 3.61. The lowest BCUT2D eigenvalue weighted by atomic mass is 10.0. The van der Waals surface area contributed by atoms with Gasteiger partial charge in [0.15, 0.2) is 5.76 Å². The van der Waals surface area contributed by atoms with E-state index >= 15 is 0 Å². The van der Waals surface area contributed by atoms with Crippen molar-refractivity contribution < 1.29 is 18.7 Å². The maximum Gasteiger partial charge on any atom is 0.283 e. The van der Waals surface area contributed by atoms with Gasteiger partial charge in [-0.25, -0.2) is 0 Å². The van der Waals surface area contributed by atoms with Crippen LogP contribution in [0.3, 0.4) is 0 Å². The van der Waals surface area contributed by atoms with Crippen LogP contribution in [0.2, 0.25) is 0 Å². The SMILES string of the molecule is Cc1nnc(-c2cc3c(OC[C@@H](O)CN4CCC(n5ccc6ccccc65)CC4)cccc3o2)o1. The van der Waals surface area contributed by atoms with Crippen LogP contribution in [0, 0.1) is 6.92 Å². The molecule has 8 nitrogen and oxygen atoms in total. The first-order valence-electron chi connectivity index (χ1n) is 12.1. The smallest absolute Gasteiger partial charge is 0.283 e. The number of rotatable bonds is 7. The summed E-state index contributed by atoms with van der Waals surface area (Å²) < 4.78 is 19.7. The highest BCUT2D eigenvalue weighted by molar-refractivity contribution is 5.87. The van der Waals surface area contributed by atoms with Crippen molar-refractivity contribution in [2.75, 3.05) is 26.2 Å². The lowest BCUT2D eigenvalue weighted by Crippen LogP contribution is -2.41. The number of para-hydroxylation sites is 1. The number of benzene rings is 2. The lowest BCUT2D eigenvalue weighted by Gasteiger charge is -2.34. The Balaban J connectivity index is 1.05. The van der Waals surface area contributed by atoms with E-state index in [0.717, 1.165) is 31.3 Å². The molecule has 1 aliphatic heterocycles. The molecule has 0 bridgehead atoms. The third-order valence-corrected chi connectivity index (χ3v) is 6.74. The Morgan fingerprint density at radius 2 is 1.91 bits per heavy atom. The monoisotopic (exact) mass is 472 g/mol. The highest BCUT2D eigenvalue weighted by Crippen LogP contribution is 2.33. The van der Waals surface area contributed by atoms with Crippen molar-refractivity contribution in [3.8, 4) is 17.4 Å². The summed E-state index contributed by atoms with van der Waals surface area (Å²) in [6.07, 6.45) is 3.76. The summed E-state index contributed by atoms with van der Waals surface area (Å²) in [6, 6.07) is 18.7. The number of β-amino-alcohol motifs (C(OH)–C–C–N with tert-alkyl or cyclic N) is 1. The zero-order valence-corrected chi connectivity index (χ0v) is 19.6. The van der Waals surface area contributed by atoms with Crippen LogP contribution in [0.5, 0.6) is 5.75 Å². The van der Waals surface area contributed by atoms with E-state index in [-0.39, 0.29) is 6.61 Å². The number of aryl methyl sites for hydroxylation is 1. The van der Waals surface area contributed by atoms with Gasteiger partial charge in [0.05, 0.1) is 5.39 Å². The Kier molecular flexibility index (Phi) is 5.75. The van der Waals surface area contributed by atoms with E-state index < -0.39 is 6.10 Å². The molecule has 1 fully saturated rings. The molecule has 0 radical (unpaired) electrons. The third-order valence-electron chi connectivity index (χ3n) is 6.74. The molecule has 0 spiro atoms. The van der Waals surface area contributed by atoms with E-state index in [1.54, 1.807) is 6.92 Å². The van der Waals surface area contributed by atoms with Crippen LogP contribution in [0.4, 0.5) is 0 Å². The summed E-state index contributed by atoms with van der Waals surface area (Å²) in [7, 11) is 0. The molecule has 1 N–H and O–H groups in total. The maximum absolute atomic E-state index is 10.7. The Morgan fingerprint density at radius 3 is 2.74 bits per heavy atom. The minimum Gasteiger partial charge on any atom is -0.490 e. The molecule has 35 heavy (non-hydrogen) atoms. The van der Waals surface area contributed by atoms with Gasteiger partial charge in [-0.15, -0.1) is 10.2 Å². The summed E-state index contributed by atoms with van der Waals surface area (Å²) in [4.78, 5) is 2.32. The molecule has 1 aliphatic rings. The summed E-state index contributed by atoms with van der Waals surface area (Å²) in [6.45, 7) is 4.45. The van der Waals surface area contributed by atoms with Crippen molar-refractivity contribution >= 4 is 21.9 Å². The summed E-state index contributed by atoms with van der Waals surface area (Å²) >= 11 is 0. The minimum absolute atomic E-state index is 0.210. The molecule has 3 aromatic heterocycles. The van der Waals surface area contributed by atoms with Gasteiger partial charge in [-0.05, 0) is 42.5 Å². The van der Waals surface area contributed by atoms with Gasteiger partial charge in [-0.3, -0.25) is 0 Å². The van der Waals surface area contributed by atoms with Gasteiger partial charge in [-0.1, -0.05) is 24.3 Å². The van der Waals surface area contributed by atoms with Crippen LogP contribution in [0.15, 0.2) is 69.6 Å². The number of ether oxygens (including phenoxy) is 1. The molecular formula is C27H28N4O4. The van der Waals surface area contributed by atoms with E-state index in [4.69, 9.17) is 13.6 Å². The largest absolute Gasteiger partial charge is 0.490 e. The molecule has 180 valence electrons. The van der Waals surface area contributed by atoms with Gasteiger partial charge in [0.25, 0.3) is 5.89 Å². The van der Waals surface area contributed by atoms with Crippen molar-refractivity contribution in [3.63, 3.8) is 0 Å². The molecule has 6 rings (SSSR count). The van der Waals surface area contributed by atoms with E-state index in [1.165, 1.54) is 10.9 Å². The summed E-state index contributed by atoms with van der Waals surface area (Å²) in [5.74, 6) is 1.97. The number of hydrogen-bond donors (Lipinski definition) is 1. The van der Waals surface area contributed by atoms with Crippen molar-refractivity contribution in [2.45, 2.75) is 31.9 Å². The number of fused-ring (bicyclic) bond motifs is 2. The molecule has 8 heteroatoms. The van der Waals surface area contributed by atoms with Gasteiger partial charge in [0, 0.05) is 50.4 Å². The topological polar surface area (TPSA) is 89.7 Å². The molecule has 1 saturated heterocycles. The molecule has 1 atom stereocenters. The Labute approximate surface area is 202 Å². The van der Waals surface area contributed by atoms with Crippen LogP contribution < -0.4 is 4.74 Å². The average molecular weight is 473 g/mol. The molecule has 0 saturated carbocycles. The van der Waals surface area contributed by atoms with Crippen molar-refractivity contribution in [2.24, 2.45) is 0 Å².